The fraction of sp³-hybridized carbons (Fsp3) is 0.850. The monoisotopic (exact) mass is 302 g/mol. The van der Waals surface area contributed by atoms with Crippen LogP contribution in [0.3, 0.4) is 0 Å². The summed E-state index contributed by atoms with van der Waals surface area (Å²) >= 11 is 0. The molecule has 0 aromatic heterocycles. The molecule has 1 unspecified atom stereocenters. The van der Waals surface area contributed by atoms with Crippen molar-refractivity contribution in [1.82, 2.24) is 0 Å². The molecule has 7 atom stereocenters. The van der Waals surface area contributed by atoms with Gasteiger partial charge in [-0.25, -0.2) is 0 Å². The third-order valence-electron chi connectivity index (χ3n) is 8.11. The Labute approximate surface area is 134 Å². The number of allylic oxidation sites excluding steroid dienone is 1. The third-order valence-corrected chi connectivity index (χ3v) is 8.11. The fourth-order valence-corrected chi connectivity index (χ4v) is 6.91. The van der Waals surface area contributed by atoms with Crippen molar-refractivity contribution in [2.24, 2.45) is 34.5 Å². The van der Waals surface area contributed by atoms with Gasteiger partial charge in [0.05, 0.1) is 6.10 Å². The summed E-state index contributed by atoms with van der Waals surface area (Å²) < 4.78 is 0. The number of aliphatic hydroxyl groups is 1. The van der Waals surface area contributed by atoms with Crippen molar-refractivity contribution in [1.29, 1.82) is 0 Å². The second-order valence-corrected chi connectivity index (χ2v) is 9.08. The molecule has 4 aliphatic rings. The van der Waals surface area contributed by atoms with E-state index < -0.39 is 0 Å². The van der Waals surface area contributed by atoms with Crippen molar-refractivity contribution in [3.63, 3.8) is 0 Å². The first-order valence-electron chi connectivity index (χ1n) is 9.30. The lowest BCUT2D eigenvalue weighted by Crippen LogP contribution is -2.52. The molecule has 2 nitrogen and oxygen atoms in total. The Bertz CT molecular complexity index is 536. The Morgan fingerprint density at radius 1 is 1.09 bits per heavy atom. The van der Waals surface area contributed by atoms with E-state index in [1.807, 2.05) is 0 Å². The molecule has 0 saturated heterocycles. The quantitative estimate of drug-likeness (QED) is 0.683. The maximum Gasteiger partial charge on any atom is 0.139 e. The van der Waals surface area contributed by atoms with Gasteiger partial charge in [-0.2, -0.15) is 0 Å². The Hall–Kier alpha value is -0.630. The molecule has 0 spiro atoms. The van der Waals surface area contributed by atoms with Crippen molar-refractivity contribution in [2.45, 2.75) is 71.8 Å². The molecular formula is C20H30O2. The summed E-state index contributed by atoms with van der Waals surface area (Å²) in [4.78, 5) is 12.4. The summed E-state index contributed by atoms with van der Waals surface area (Å²) in [5.74, 6) is 3.17. The molecule has 0 amide bonds. The van der Waals surface area contributed by atoms with Crippen LogP contribution >= 0.6 is 0 Å². The number of ketones is 1. The first kappa shape index (κ1) is 14.9. The van der Waals surface area contributed by atoms with E-state index >= 15 is 0 Å². The van der Waals surface area contributed by atoms with Crippen LogP contribution in [0.4, 0.5) is 0 Å². The summed E-state index contributed by atoms with van der Waals surface area (Å²) in [5, 5.41) is 10.1. The molecule has 0 radical (unpaired) electrons. The second kappa shape index (κ2) is 4.69. The summed E-state index contributed by atoms with van der Waals surface area (Å²) in [6, 6.07) is 0. The van der Waals surface area contributed by atoms with Crippen LogP contribution in [-0.4, -0.2) is 17.0 Å². The van der Waals surface area contributed by atoms with Gasteiger partial charge in [-0.3, -0.25) is 4.79 Å². The highest BCUT2D eigenvalue weighted by Crippen LogP contribution is 2.65. The highest BCUT2D eigenvalue weighted by molar-refractivity contribution is 5.87. The van der Waals surface area contributed by atoms with E-state index in [1.54, 1.807) is 0 Å². The van der Waals surface area contributed by atoms with E-state index in [9.17, 15) is 9.90 Å². The van der Waals surface area contributed by atoms with Crippen molar-refractivity contribution in [3.8, 4) is 0 Å². The van der Waals surface area contributed by atoms with Gasteiger partial charge in [-0.15, -0.1) is 0 Å². The first-order valence-corrected chi connectivity index (χ1v) is 9.30. The predicted octanol–water partition coefficient (Wildman–Crippen LogP) is 4.13. The second-order valence-electron chi connectivity index (χ2n) is 9.08. The molecule has 3 saturated carbocycles. The zero-order valence-electron chi connectivity index (χ0n) is 14.3. The molecule has 0 heterocycles. The zero-order valence-corrected chi connectivity index (χ0v) is 14.3. The lowest BCUT2D eigenvalue weighted by atomic mass is 9.46. The lowest BCUT2D eigenvalue weighted by Gasteiger charge is -2.59. The van der Waals surface area contributed by atoms with Gasteiger partial charge in [0.2, 0.25) is 0 Å². The SMILES string of the molecule is C[C@H]1C[C@@H]2[C@H](CC[C@]3(C)C(=O)CC[C@@H]23)[C@@]2(C)CCC(O)C=C12. The fourth-order valence-electron chi connectivity index (χ4n) is 6.91. The highest BCUT2D eigenvalue weighted by atomic mass is 16.3. The van der Waals surface area contributed by atoms with Gasteiger partial charge in [-0.05, 0) is 67.6 Å². The normalized spacial score (nSPS) is 54.3. The summed E-state index contributed by atoms with van der Waals surface area (Å²) in [7, 11) is 0. The van der Waals surface area contributed by atoms with E-state index in [0.29, 0.717) is 17.6 Å². The van der Waals surface area contributed by atoms with Gasteiger partial charge in [0.15, 0.2) is 0 Å². The van der Waals surface area contributed by atoms with E-state index in [2.05, 4.69) is 26.8 Å². The number of fused-ring (bicyclic) bond motifs is 5. The average molecular weight is 302 g/mol. The largest absolute Gasteiger partial charge is 0.389 e. The van der Waals surface area contributed by atoms with Crippen LogP contribution in [0.2, 0.25) is 0 Å². The molecular weight excluding hydrogens is 272 g/mol. The summed E-state index contributed by atoms with van der Waals surface area (Å²) in [6.45, 7) is 7.06. The van der Waals surface area contributed by atoms with Gasteiger partial charge >= 0.3 is 0 Å². The first-order chi connectivity index (χ1) is 10.4. The van der Waals surface area contributed by atoms with Crippen LogP contribution in [0.25, 0.3) is 0 Å². The van der Waals surface area contributed by atoms with Crippen molar-refractivity contribution >= 4 is 5.78 Å². The van der Waals surface area contributed by atoms with E-state index in [-0.39, 0.29) is 16.9 Å². The van der Waals surface area contributed by atoms with Crippen molar-refractivity contribution in [3.05, 3.63) is 11.6 Å². The third kappa shape index (κ3) is 1.79. The Balaban J connectivity index is 1.73. The Morgan fingerprint density at radius 2 is 1.77 bits per heavy atom. The van der Waals surface area contributed by atoms with Crippen LogP contribution in [-0.2, 0) is 4.79 Å². The van der Waals surface area contributed by atoms with Gasteiger partial charge in [-0.1, -0.05) is 32.4 Å². The number of aliphatic hydroxyl groups excluding tert-OH is 1. The topological polar surface area (TPSA) is 37.3 Å². The molecule has 22 heavy (non-hydrogen) atoms. The minimum atomic E-state index is -0.232. The number of hydrogen-bond acceptors (Lipinski definition) is 2. The Morgan fingerprint density at radius 3 is 2.55 bits per heavy atom. The van der Waals surface area contributed by atoms with Crippen LogP contribution in [0.1, 0.15) is 65.7 Å². The van der Waals surface area contributed by atoms with E-state index in [4.69, 9.17) is 0 Å². The molecule has 3 fully saturated rings. The predicted molar refractivity (Wildman–Crippen MR) is 87.3 cm³/mol. The molecule has 0 aromatic carbocycles. The molecule has 0 aromatic rings. The minimum Gasteiger partial charge on any atom is -0.389 e. The lowest BCUT2D eigenvalue weighted by molar-refractivity contribution is -0.133. The van der Waals surface area contributed by atoms with Crippen molar-refractivity contribution < 1.29 is 9.90 Å². The highest BCUT2D eigenvalue weighted by Gasteiger charge is 2.59. The molecule has 0 aliphatic heterocycles. The van der Waals surface area contributed by atoms with Gasteiger partial charge in [0, 0.05) is 11.8 Å². The van der Waals surface area contributed by atoms with Gasteiger partial charge in [0.25, 0.3) is 0 Å². The molecule has 4 aliphatic carbocycles. The number of Topliss-reactive ketones (excluding diaryl/α,β-unsaturated/α-hetero) is 1. The summed E-state index contributed by atoms with van der Waals surface area (Å²) in [6.07, 6.45) is 9.46. The Kier molecular flexibility index (Phi) is 3.18. The van der Waals surface area contributed by atoms with Crippen molar-refractivity contribution in [2.75, 3.05) is 0 Å². The number of carbonyl (C=O) groups is 1. The molecule has 0 bridgehead atoms. The number of rotatable bonds is 0. The minimum absolute atomic E-state index is 0.0212. The maximum atomic E-state index is 12.4. The van der Waals surface area contributed by atoms with Gasteiger partial charge in [0.1, 0.15) is 5.78 Å². The average Bonchev–Trinajstić information content (AvgIpc) is 2.77. The van der Waals surface area contributed by atoms with Crippen LogP contribution < -0.4 is 0 Å². The van der Waals surface area contributed by atoms with Crippen LogP contribution in [0.5, 0.6) is 0 Å². The van der Waals surface area contributed by atoms with Crippen LogP contribution in [0, 0.1) is 34.5 Å². The standard InChI is InChI=1S/C20H30O2/c1-12-10-14-15-4-5-18(22)20(15,3)9-7-16(14)19(2)8-6-13(21)11-17(12)19/h11-16,21H,4-10H2,1-3H3/t12-,13?,14-,15-,16-,19+,20-/m0/s1. The van der Waals surface area contributed by atoms with E-state index in [1.165, 1.54) is 18.4 Å². The molecule has 2 heteroatoms. The zero-order chi connectivity index (χ0) is 15.7. The number of hydrogen-bond donors (Lipinski definition) is 1. The molecule has 122 valence electrons. The number of carbonyl (C=O) groups excluding carboxylic acids is 1. The maximum absolute atomic E-state index is 12.4. The summed E-state index contributed by atoms with van der Waals surface area (Å²) in [5.41, 5.74) is 1.78. The van der Waals surface area contributed by atoms with Crippen LogP contribution in [0.15, 0.2) is 11.6 Å². The van der Waals surface area contributed by atoms with E-state index in [0.717, 1.165) is 43.9 Å². The molecule has 1 N–H and O–H groups in total. The smallest absolute Gasteiger partial charge is 0.139 e. The molecule has 4 rings (SSSR count). The van der Waals surface area contributed by atoms with Gasteiger partial charge < -0.3 is 5.11 Å².